The molecule has 1 aromatic heterocycles. The molecule has 1 N–H and O–H groups in total. The fourth-order valence-corrected chi connectivity index (χ4v) is 2.40. The van der Waals surface area contributed by atoms with Crippen LogP contribution in [0.2, 0.25) is 10.4 Å². The zero-order valence-electron chi connectivity index (χ0n) is 8.74. The number of H-pyrrole nitrogens is 1. The Labute approximate surface area is 108 Å². The van der Waals surface area contributed by atoms with Crippen molar-refractivity contribution < 1.29 is 0 Å². The van der Waals surface area contributed by atoms with Crippen molar-refractivity contribution in [1.29, 1.82) is 0 Å². The quantitative estimate of drug-likeness (QED) is 0.686. The number of hydrogen-bond acceptors (Lipinski definition) is 1. The van der Waals surface area contributed by atoms with Crippen LogP contribution in [0.1, 0.15) is 0 Å². The van der Waals surface area contributed by atoms with Gasteiger partial charge >= 0.3 is 0 Å². The average molecular weight is 263 g/mol. The van der Waals surface area contributed by atoms with Gasteiger partial charge in [-0.3, -0.25) is 0 Å². The molecule has 17 heavy (non-hydrogen) atoms. The van der Waals surface area contributed by atoms with E-state index in [1.54, 1.807) is 0 Å². The third kappa shape index (κ3) is 1.79. The molecule has 0 radical (unpaired) electrons. The van der Waals surface area contributed by atoms with Gasteiger partial charge in [-0.1, -0.05) is 54.1 Å². The van der Waals surface area contributed by atoms with Crippen LogP contribution >= 0.6 is 23.2 Å². The van der Waals surface area contributed by atoms with E-state index in [0.717, 1.165) is 16.3 Å². The highest BCUT2D eigenvalue weighted by atomic mass is 35.5. The van der Waals surface area contributed by atoms with Crippen LogP contribution in [0.15, 0.2) is 42.5 Å². The van der Waals surface area contributed by atoms with Crippen LogP contribution in [0, 0.1) is 0 Å². The maximum absolute atomic E-state index is 6.08. The highest BCUT2D eigenvalue weighted by molar-refractivity contribution is 6.34. The van der Waals surface area contributed by atoms with Crippen molar-refractivity contribution in [2.24, 2.45) is 0 Å². The number of nitrogens with zero attached hydrogens (tertiary/aromatic N) is 1. The molecule has 3 rings (SSSR count). The van der Waals surface area contributed by atoms with E-state index in [0.29, 0.717) is 16.1 Å². The topological polar surface area (TPSA) is 28.7 Å². The number of aromatic amines is 1. The molecule has 0 aliphatic carbocycles. The van der Waals surface area contributed by atoms with Gasteiger partial charge < -0.3 is 4.98 Å². The lowest BCUT2D eigenvalue weighted by Gasteiger charge is -2.03. The lowest BCUT2D eigenvalue weighted by molar-refractivity contribution is 1.31. The van der Waals surface area contributed by atoms with Gasteiger partial charge in [0.1, 0.15) is 10.8 Å². The molecule has 0 saturated heterocycles. The van der Waals surface area contributed by atoms with Gasteiger partial charge in [0.05, 0.1) is 0 Å². The number of halogens is 2. The lowest BCUT2D eigenvalue weighted by atomic mass is 10.0. The Hall–Kier alpha value is -1.51. The summed E-state index contributed by atoms with van der Waals surface area (Å²) in [7, 11) is 0. The van der Waals surface area contributed by atoms with Gasteiger partial charge in [0.15, 0.2) is 0 Å². The van der Waals surface area contributed by atoms with Crippen molar-refractivity contribution in [2.75, 3.05) is 0 Å². The molecule has 0 unspecified atom stereocenters. The van der Waals surface area contributed by atoms with Gasteiger partial charge in [-0.05, 0) is 22.4 Å². The minimum atomic E-state index is 0.304. The third-order valence-corrected chi connectivity index (χ3v) is 3.13. The standard InChI is InChI=1S/C13H8Cl2N2/c14-12-11(16-13(15)17-12)10-7-3-5-8-4-1-2-6-9(8)10/h1-7H,(H,16,17). The van der Waals surface area contributed by atoms with Crippen molar-refractivity contribution in [1.82, 2.24) is 9.97 Å². The molecule has 2 nitrogen and oxygen atoms in total. The maximum Gasteiger partial charge on any atom is 0.201 e. The van der Waals surface area contributed by atoms with E-state index >= 15 is 0 Å². The van der Waals surface area contributed by atoms with Gasteiger partial charge in [0.25, 0.3) is 0 Å². The number of aromatic nitrogens is 2. The number of nitrogens with one attached hydrogen (secondary N) is 1. The third-order valence-electron chi connectivity index (χ3n) is 2.68. The van der Waals surface area contributed by atoms with Crippen molar-refractivity contribution in [3.63, 3.8) is 0 Å². The first kappa shape index (κ1) is 10.6. The summed E-state index contributed by atoms with van der Waals surface area (Å²) in [6, 6.07) is 14.1. The molecular weight excluding hydrogens is 255 g/mol. The monoisotopic (exact) mass is 262 g/mol. The summed E-state index contributed by atoms with van der Waals surface area (Å²) in [4.78, 5) is 7.00. The Morgan fingerprint density at radius 3 is 2.47 bits per heavy atom. The number of hydrogen-bond donors (Lipinski definition) is 1. The Kier molecular flexibility index (Phi) is 2.54. The Morgan fingerprint density at radius 2 is 1.71 bits per heavy atom. The molecule has 0 aliphatic rings. The number of benzene rings is 2. The molecule has 0 atom stereocenters. The highest BCUT2D eigenvalue weighted by Crippen LogP contribution is 2.32. The average Bonchev–Trinajstić information content (AvgIpc) is 2.68. The zero-order chi connectivity index (χ0) is 11.8. The van der Waals surface area contributed by atoms with E-state index in [1.165, 1.54) is 0 Å². The van der Waals surface area contributed by atoms with Crippen LogP contribution < -0.4 is 0 Å². The first-order valence-corrected chi connectivity index (χ1v) is 5.90. The smallest absolute Gasteiger partial charge is 0.201 e. The molecule has 84 valence electrons. The Bertz CT molecular complexity index is 683. The van der Waals surface area contributed by atoms with Gasteiger partial charge in [-0.2, -0.15) is 0 Å². The molecule has 1 heterocycles. The van der Waals surface area contributed by atoms with E-state index in [-0.39, 0.29) is 0 Å². The Morgan fingerprint density at radius 1 is 0.941 bits per heavy atom. The molecular formula is C13H8Cl2N2. The second kappa shape index (κ2) is 4.06. The second-order valence-corrected chi connectivity index (χ2v) is 4.45. The first-order valence-electron chi connectivity index (χ1n) is 5.15. The molecule has 0 bridgehead atoms. The lowest BCUT2D eigenvalue weighted by Crippen LogP contribution is -1.81. The van der Waals surface area contributed by atoms with Crippen LogP contribution in [-0.2, 0) is 0 Å². The van der Waals surface area contributed by atoms with E-state index in [4.69, 9.17) is 23.2 Å². The molecule has 0 saturated carbocycles. The van der Waals surface area contributed by atoms with E-state index in [9.17, 15) is 0 Å². The van der Waals surface area contributed by atoms with Crippen LogP contribution in [0.25, 0.3) is 22.0 Å². The van der Waals surface area contributed by atoms with Crippen molar-refractivity contribution in [3.05, 3.63) is 52.9 Å². The predicted molar refractivity (Wildman–Crippen MR) is 71.5 cm³/mol. The SMILES string of the molecule is Clc1nc(-c2cccc3ccccc23)c(Cl)[nH]1. The number of rotatable bonds is 1. The highest BCUT2D eigenvalue weighted by Gasteiger charge is 2.11. The summed E-state index contributed by atoms with van der Waals surface area (Å²) in [5, 5.41) is 3.03. The molecule has 0 amide bonds. The van der Waals surface area contributed by atoms with Crippen LogP contribution in [0.4, 0.5) is 0 Å². The second-order valence-electron chi connectivity index (χ2n) is 3.72. The summed E-state index contributed by atoms with van der Waals surface area (Å²) >= 11 is 11.9. The first-order chi connectivity index (χ1) is 8.25. The summed E-state index contributed by atoms with van der Waals surface area (Å²) < 4.78 is 0. The largest absolute Gasteiger partial charge is 0.319 e. The van der Waals surface area contributed by atoms with Crippen molar-refractivity contribution in [3.8, 4) is 11.3 Å². The zero-order valence-corrected chi connectivity index (χ0v) is 10.3. The number of fused-ring (bicyclic) bond motifs is 1. The summed E-state index contributed by atoms with van der Waals surface area (Å²) in [6.45, 7) is 0. The summed E-state index contributed by atoms with van der Waals surface area (Å²) in [6.07, 6.45) is 0. The molecule has 0 fully saturated rings. The molecule has 2 aromatic carbocycles. The number of imidazole rings is 1. The van der Waals surface area contributed by atoms with E-state index < -0.39 is 0 Å². The minimum absolute atomic E-state index is 0.304. The van der Waals surface area contributed by atoms with Gasteiger partial charge in [0.2, 0.25) is 5.28 Å². The summed E-state index contributed by atoms with van der Waals surface area (Å²) in [5.74, 6) is 0. The molecule has 0 spiro atoms. The van der Waals surface area contributed by atoms with E-state index in [1.807, 2.05) is 30.3 Å². The van der Waals surface area contributed by atoms with E-state index in [2.05, 4.69) is 22.1 Å². The van der Waals surface area contributed by atoms with Gasteiger partial charge in [0, 0.05) is 5.56 Å². The van der Waals surface area contributed by atoms with Crippen LogP contribution in [-0.4, -0.2) is 9.97 Å². The van der Waals surface area contributed by atoms with Crippen LogP contribution in [0.3, 0.4) is 0 Å². The molecule has 4 heteroatoms. The van der Waals surface area contributed by atoms with Gasteiger partial charge in [-0.15, -0.1) is 0 Å². The fraction of sp³-hybridized carbons (Fsp3) is 0. The molecule has 3 aromatic rings. The minimum Gasteiger partial charge on any atom is -0.319 e. The normalized spacial score (nSPS) is 10.9. The van der Waals surface area contributed by atoms with Crippen molar-refractivity contribution >= 4 is 34.0 Å². The Balaban J connectivity index is 2.34. The molecule has 0 aliphatic heterocycles. The van der Waals surface area contributed by atoms with Gasteiger partial charge in [-0.25, -0.2) is 4.98 Å². The maximum atomic E-state index is 6.08. The fourth-order valence-electron chi connectivity index (χ4n) is 1.94. The summed E-state index contributed by atoms with van der Waals surface area (Å²) in [5.41, 5.74) is 1.67. The predicted octanol–water partition coefficient (Wildman–Crippen LogP) is 4.54. The van der Waals surface area contributed by atoms with Crippen molar-refractivity contribution in [2.45, 2.75) is 0 Å². The van der Waals surface area contributed by atoms with Crippen LogP contribution in [0.5, 0.6) is 0 Å².